The molecule has 1 aliphatic heterocycles. The predicted molar refractivity (Wildman–Crippen MR) is 77.2 cm³/mol. The number of hydrogen-bond acceptors (Lipinski definition) is 3. The summed E-state index contributed by atoms with van der Waals surface area (Å²) >= 11 is 5.85. The number of nitrogens with one attached hydrogen (secondary N) is 1. The number of carbonyl (C=O) groups is 1. The maximum absolute atomic E-state index is 11.4. The standard InChI is InChI=1S/C15H13ClN2O2/c16-11-6-12(9-17-8-11)20-5-4-10-2-1-3-14-13(10)7-15(19)18-14/h1-3,6,8-9H,4-5,7H2,(H,18,19). The van der Waals surface area contributed by atoms with Gasteiger partial charge >= 0.3 is 0 Å². The van der Waals surface area contributed by atoms with Crippen LogP contribution in [0.5, 0.6) is 5.75 Å². The van der Waals surface area contributed by atoms with Crippen LogP contribution in [0.3, 0.4) is 0 Å². The first kappa shape index (κ1) is 12.9. The maximum atomic E-state index is 11.4. The zero-order chi connectivity index (χ0) is 13.9. The molecule has 0 atom stereocenters. The lowest BCUT2D eigenvalue weighted by Crippen LogP contribution is -2.05. The Morgan fingerprint density at radius 3 is 3.10 bits per heavy atom. The van der Waals surface area contributed by atoms with Crippen molar-refractivity contribution < 1.29 is 9.53 Å². The number of amides is 1. The number of hydrogen-bond donors (Lipinski definition) is 1. The summed E-state index contributed by atoms with van der Waals surface area (Å²) in [6.45, 7) is 0.521. The molecule has 1 N–H and O–H groups in total. The number of nitrogens with zero attached hydrogens (tertiary/aromatic N) is 1. The van der Waals surface area contributed by atoms with Crippen LogP contribution >= 0.6 is 11.6 Å². The summed E-state index contributed by atoms with van der Waals surface area (Å²) in [5, 5.41) is 3.40. The third-order valence-electron chi connectivity index (χ3n) is 3.20. The molecular formula is C15H13ClN2O2. The predicted octanol–water partition coefficient (Wildman–Crippen LogP) is 2.85. The zero-order valence-electron chi connectivity index (χ0n) is 10.7. The number of anilines is 1. The van der Waals surface area contributed by atoms with Crippen molar-refractivity contribution in [2.75, 3.05) is 11.9 Å². The Labute approximate surface area is 121 Å². The highest BCUT2D eigenvalue weighted by atomic mass is 35.5. The molecule has 0 unspecified atom stereocenters. The van der Waals surface area contributed by atoms with Gasteiger partial charge in [0, 0.05) is 24.4 Å². The second-order valence-corrected chi connectivity index (χ2v) is 5.04. The first-order valence-electron chi connectivity index (χ1n) is 6.36. The third kappa shape index (κ3) is 2.75. The number of halogens is 1. The number of benzene rings is 1. The Balaban J connectivity index is 1.65. The molecule has 3 rings (SSSR count). The molecule has 4 nitrogen and oxygen atoms in total. The quantitative estimate of drug-likeness (QED) is 0.941. The van der Waals surface area contributed by atoms with E-state index in [0.717, 1.165) is 23.2 Å². The van der Waals surface area contributed by atoms with Gasteiger partial charge in [0.25, 0.3) is 0 Å². The van der Waals surface area contributed by atoms with Gasteiger partial charge in [-0.1, -0.05) is 23.7 Å². The van der Waals surface area contributed by atoms with Crippen molar-refractivity contribution in [2.45, 2.75) is 12.8 Å². The first-order chi connectivity index (χ1) is 9.72. The highest BCUT2D eigenvalue weighted by Crippen LogP contribution is 2.26. The minimum atomic E-state index is 0.0485. The monoisotopic (exact) mass is 288 g/mol. The number of ether oxygens (including phenoxy) is 1. The van der Waals surface area contributed by atoms with Crippen LogP contribution in [0.15, 0.2) is 36.7 Å². The SMILES string of the molecule is O=C1Cc2c(CCOc3cncc(Cl)c3)cccc2N1. The van der Waals surface area contributed by atoms with Crippen LogP contribution in [0, 0.1) is 0 Å². The van der Waals surface area contributed by atoms with Crippen molar-refractivity contribution >= 4 is 23.2 Å². The second kappa shape index (κ2) is 5.51. The van der Waals surface area contributed by atoms with Gasteiger partial charge in [-0.3, -0.25) is 9.78 Å². The smallest absolute Gasteiger partial charge is 0.228 e. The van der Waals surface area contributed by atoms with Crippen LogP contribution in [-0.4, -0.2) is 17.5 Å². The summed E-state index contributed by atoms with van der Waals surface area (Å²) in [6, 6.07) is 7.62. The van der Waals surface area contributed by atoms with Crippen LogP contribution in [0.25, 0.3) is 0 Å². The van der Waals surface area contributed by atoms with Gasteiger partial charge in [0.15, 0.2) is 0 Å². The molecule has 0 radical (unpaired) electrons. The Morgan fingerprint density at radius 1 is 1.35 bits per heavy atom. The lowest BCUT2D eigenvalue weighted by atomic mass is 10.0. The van der Waals surface area contributed by atoms with Gasteiger partial charge in [-0.05, 0) is 17.2 Å². The van der Waals surface area contributed by atoms with E-state index in [9.17, 15) is 4.79 Å². The van der Waals surface area contributed by atoms with E-state index in [-0.39, 0.29) is 5.91 Å². The molecule has 2 heterocycles. The summed E-state index contributed by atoms with van der Waals surface area (Å²) in [5.74, 6) is 0.701. The topological polar surface area (TPSA) is 51.2 Å². The number of fused-ring (bicyclic) bond motifs is 1. The van der Waals surface area contributed by atoms with Crippen molar-refractivity contribution in [1.82, 2.24) is 4.98 Å². The van der Waals surface area contributed by atoms with Gasteiger partial charge in [-0.15, -0.1) is 0 Å². The van der Waals surface area contributed by atoms with Gasteiger partial charge < -0.3 is 10.1 Å². The van der Waals surface area contributed by atoms with Crippen molar-refractivity contribution in [3.63, 3.8) is 0 Å². The fourth-order valence-corrected chi connectivity index (χ4v) is 2.46. The Bertz CT molecular complexity index is 658. The fourth-order valence-electron chi connectivity index (χ4n) is 2.30. The molecule has 0 saturated carbocycles. The lowest BCUT2D eigenvalue weighted by Gasteiger charge is -2.09. The van der Waals surface area contributed by atoms with Gasteiger partial charge in [0.1, 0.15) is 5.75 Å². The fraction of sp³-hybridized carbons (Fsp3) is 0.200. The molecule has 102 valence electrons. The molecule has 1 aromatic heterocycles. The van der Waals surface area contributed by atoms with E-state index < -0.39 is 0 Å². The second-order valence-electron chi connectivity index (χ2n) is 4.61. The molecule has 1 aliphatic rings. The molecule has 0 aliphatic carbocycles. The molecule has 0 saturated heterocycles. The van der Waals surface area contributed by atoms with Crippen LogP contribution in [0.2, 0.25) is 5.02 Å². The molecular weight excluding hydrogens is 276 g/mol. The van der Waals surface area contributed by atoms with E-state index in [1.165, 1.54) is 0 Å². The van der Waals surface area contributed by atoms with Gasteiger partial charge in [0.2, 0.25) is 5.91 Å². The minimum absolute atomic E-state index is 0.0485. The summed E-state index contributed by atoms with van der Waals surface area (Å²) < 4.78 is 5.63. The number of carbonyl (C=O) groups excluding carboxylic acids is 1. The number of aromatic nitrogens is 1. The molecule has 5 heteroatoms. The molecule has 0 fully saturated rings. The van der Waals surface area contributed by atoms with Crippen molar-refractivity contribution in [3.05, 3.63) is 52.8 Å². The molecule has 1 amide bonds. The average molecular weight is 289 g/mol. The molecule has 1 aromatic carbocycles. The number of rotatable bonds is 4. The van der Waals surface area contributed by atoms with Crippen LogP contribution in [0.1, 0.15) is 11.1 Å². The molecule has 2 aromatic rings. The van der Waals surface area contributed by atoms with E-state index in [4.69, 9.17) is 16.3 Å². The van der Waals surface area contributed by atoms with E-state index >= 15 is 0 Å². The van der Waals surface area contributed by atoms with Crippen molar-refractivity contribution in [1.29, 1.82) is 0 Å². The van der Waals surface area contributed by atoms with E-state index in [1.807, 2.05) is 18.2 Å². The van der Waals surface area contributed by atoms with Gasteiger partial charge in [-0.2, -0.15) is 0 Å². The summed E-state index contributed by atoms with van der Waals surface area (Å²) in [6.07, 6.45) is 4.39. The largest absolute Gasteiger partial charge is 0.492 e. The lowest BCUT2D eigenvalue weighted by molar-refractivity contribution is -0.115. The normalized spacial score (nSPS) is 12.9. The summed E-state index contributed by atoms with van der Waals surface area (Å²) in [5.41, 5.74) is 3.12. The average Bonchev–Trinajstić information content (AvgIpc) is 2.80. The Kier molecular flexibility index (Phi) is 3.56. The zero-order valence-corrected chi connectivity index (χ0v) is 11.5. The Hall–Kier alpha value is -2.07. The van der Waals surface area contributed by atoms with Crippen LogP contribution < -0.4 is 10.1 Å². The molecule has 0 bridgehead atoms. The van der Waals surface area contributed by atoms with Crippen molar-refractivity contribution in [2.24, 2.45) is 0 Å². The van der Waals surface area contributed by atoms with Crippen LogP contribution in [-0.2, 0) is 17.6 Å². The van der Waals surface area contributed by atoms with Crippen molar-refractivity contribution in [3.8, 4) is 5.75 Å². The number of pyridine rings is 1. The molecule has 0 spiro atoms. The van der Waals surface area contributed by atoms with E-state index in [2.05, 4.69) is 10.3 Å². The summed E-state index contributed by atoms with van der Waals surface area (Å²) in [7, 11) is 0. The van der Waals surface area contributed by atoms with Crippen LogP contribution in [0.4, 0.5) is 5.69 Å². The summed E-state index contributed by atoms with van der Waals surface area (Å²) in [4.78, 5) is 15.4. The van der Waals surface area contributed by atoms with Gasteiger partial charge in [-0.25, -0.2) is 0 Å². The highest BCUT2D eigenvalue weighted by Gasteiger charge is 2.19. The van der Waals surface area contributed by atoms with E-state index in [1.54, 1.807) is 18.5 Å². The Morgan fingerprint density at radius 2 is 2.25 bits per heavy atom. The third-order valence-corrected chi connectivity index (χ3v) is 3.41. The highest BCUT2D eigenvalue weighted by molar-refractivity contribution is 6.30. The molecule has 20 heavy (non-hydrogen) atoms. The van der Waals surface area contributed by atoms with Gasteiger partial charge in [0.05, 0.1) is 24.2 Å². The minimum Gasteiger partial charge on any atom is -0.492 e. The maximum Gasteiger partial charge on any atom is 0.228 e. The van der Waals surface area contributed by atoms with E-state index in [0.29, 0.717) is 23.8 Å². The first-order valence-corrected chi connectivity index (χ1v) is 6.74.